The molecule has 0 aliphatic rings. The molecule has 0 spiro atoms. The predicted octanol–water partition coefficient (Wildman–Crippen LogP) is -1.71. The van der Waals surface area contributed by atoms with E-state index in [0.29, 0.717) is 12.8 Å². The predicted molar refractivity (Wildman–Crippen MR) is 31.6 cm³/mol. The maximum Gasteiger partial charge on any atom is 0.115 e. The Hall–Kier alpha value is -0.160. The molecule has 4 heteroatoms. The van der Waals surface area contributed by atoms with Gasteiger partial charge in [-0.05, 0) is 12.8 Å². The number of aliphatic hydroxyl groups excluding tert-OH is 1. The molecule has 4 nitrogen and oxygen atoms in total. The Morgan fingerprint density at radius 3 is 1.88 bits per heavy atom. The van der Waals surface area contributed by atoms with Gasteiger partial charge in [-0.15, -0.1) is 0 Å². The highest BCUT2D eigenvalue weighted by Gasteiger charge is 2.08. The summed E-state index contributed by atoms with van der Waals surface area (Å²) < 4.78 is 0. The van der Waals surface area contributed by atoms with Crippen LogP contribution in [0.25, 0.3) is 0 Å². The van der Waals surface area contributed by atoms with E-state index in [1.807, 2.05) is 0 Å². The molecular weight excluding hydrogens is 106 g/mol. The van der Waals surface area contributed by atoms with Crippen molar-refractivity contribution in [1.82, 2.24) is 0 Å². The Balaban J connectivity index is 3.11. The molecule has 50 valence electrons. The lowest BCUT2D eigenvalue weighted by Gasteiger charge is -2.16. The smallest absolute Gasteiger partial charge is 0.115 e. The summed E-state index contributed by atoms with van der Waals surface area (Å²) in [6.45, 7) is 0.0906. The van der Waals surface area contributed by atoms with E-state index in [9.17, 15) is 0 Å². The van der Waals surface area contributed by atoms with Crippen molar-refractivity contribution >= 4 is 0 Å². The molecule has 0 saturated carbocycles. The van der Waals surface area contributed by atoms with Crippen LogP contribution in [0.1, 0.15) is 12.8 Å². The van der Waals surface area contributed by atoms with E-state index in [2.05, 4.69) is 0 Å². The topological polar surface area (TPSA) is 98.3 Å². The minimum Gasteiger partial charge on any atom is -0.396 e. The fraction of sp³-hybridized carbons (Fsp3) is 1.00. The molecule has 0 fully saturated rings. The van der Waals surface area contributed by atoms with Crippen molar-refractivity contribution in [3.8, 4) is 0 Å². The fourth-order valence-electron chi connectivity index (χ4n) is 0.385. The zero-order chi connectivity index (χ0) is 6.62. The molecule has 8 heavy (non-hydrogen) atoms. The Bertz CT molecular complexity index is 58.8. The van der Waals surface area contributed by atoms with Gasteiger partial charge in [0, 0.05) is 6.61 Å². The van der Waals surface area contributed by atoms with E-state index < -0.39 is 5.79 Å². The lowest BCUT2D eigenvalue weighted by atomic mass is 10.2. The van der Waals surface area contributed by atoms with E-state index in [0.717, 1.165) is 0 Å². The average Bonchev–Trinajstić information content (AvgIpc) is 1.59. The quantitative estimate of drug-likeness (QED) is 0.332. The van der Waals surface area contributed by atoms with Crippen LogP contribution in [-0.4, -0.2) is 17.5 Å². The second kappa shape index (κ2) is 2.99. The summed E-state index contributed by atoms with van der Waals surface area (Å²) in [5, 5.41) is 8.26. The lowest BCUT2D eigenvalue weighted by Crippen LogP contribution is -2.57. The minimum atomic E-state index is -1.11. The van der Waals surface area contributed by atoms with Crippen LogP contribution < -0.4 is 17.2 Å². The summed E-state index contributed by atoms with van der Waals surface area (Å²) >= 11 is 0. The van der Waals surface area contributed by atoms with Crippen LogP contribution >= 0.6 is 0 Å². The molecule has 0 aliphatic heterocycles. The molecule has 0 amide bonds. The first-order chi connectivity index (χ1) is 3.56. The third-order valence-electron chi connectivity index (χ3n) is 0.768. The summed E-state index contributed by atoms with van der Waals surface area (Å²) in [6, 6.07) is 0. The standard InChI is InChI=1S/C4H13N3O/c5-4(6,7)2-1-3-8/h8H,1-3,5-7H2. The summed E-state index contributed by atoms with van der Waals surface area (Å²) in [6.07, 6.45) is 1.01. The molecule has 0 bridgehead atoms. The van der Waals surface area contributed by atoms with Crippen molar-refractivity contribution in [3.05, 3.63) is 0 Å². The zero-order valence-electron chi connectivity index (χ0n) is 4.80. The first kappa shape index (κ1) is 7.84. The number of hydrogen-bond acceptors (Lipinski definition) is 4. The summed E-state index contributed by atoms with van der Waals surface area (Å²) in [4.78, 5) is 0. The number of nitrogens with two attached hydrogens (primary N) is 3. The summed E-state index contributed by atoms with van der Waals surface area (Å²) in [5.74, 6) is -1.11. The van der Waals surface area contributed by atoms with Gasteiger partial charge in [0.25, 0.3) is 0 Å². The Morgan fingerprint density at radius 2 is 1.75 bits per heavy atom. The second-order valence-corrected chi connectivity index (χ2v) is 1.94. The van der Waals surface area contributed by atoms with Crippen LogP contribution in [-0.2, 0) is 0 Å². The maximum absolute atomic E-state index is 8.26. The third-order valence-corrected chi connectivity index (χ3v) is 0.768. The molecule has 0 radical (unpaired) electrons. The van der Waals surface area contributed by atoms with Gasteiger partial charge >= 0.3 is 0 Å². The zero-order valence-corrected chi connectivity index (χ0v) is 4.80. The van der Waals surface area contributed by atoms with Crippen molar-refractivity contribution in [2.24, 2.45) is 17.2 Å². The fourth-order valence-corrected chi connectivity index (χ4v) is 0.385. The van der Waals surface area contributed by atoms with Crippen LogP contribution in [0.5, 0.6) is 0 Å². The van der Waals surface area contributed by atoms with Gasteiger partial charge in [-0.1, -0.05) is 0 Å². The molecular formula is C4H13N3O. The Labute approximate surface area is 48.6 Å². The second-order valence-electron chi connectivity index (χ2n) is 1.94. The molecule has 0 aromatic rings. The van der Waals surface area contributed by atoms with Crippen LogP contribution in [0.2, 0.25) is 0 Å². The molecule has 0 heterocycles. The van der Waals surface area contributed by atoms with Gasteiger partial charge in [0.2, 0.25) is 0 Å². The molecule has 7 N–H and O–H groups in total. The first-order valence-electron chi connectivity index (χ1n) is 2.54. The van der Waals surface area contributed by atoms with Gasteiger partial charge in [0.1, 0.15) is 5.79 Å². The maximum atomic E-state index is 8.26. The molecule has 0 saturated heterocycles. The van der Waals surface area contributed by atoms with Crippen molar-refractivity contribution in [2.45, 2.75) is 18.6 Å². The number of aliphatic hydroxyl groups is 1. The van der Waals surface area contributed by atoms with Crippen LogP contribution in [0.3, 0.4) is 0 Å². The largest absolute Gasteiger partial charge is 0.396 e. The molecule has 0 unspecified atom stereocenters. The van der Waals surface area contributed by atoms with Gasteiger partial charge in [0.05, 0.1) is 0 Å². The Morgan fingerprint density at radius 1 is 1.25 bits per heavy atom. The molecule has 0 rings (SSSR count). The summed E-state index contributed by atoms with van der Waals surface area (Å²) in [5.41, 5.74) is 15.5. The van der Waals surface area contributed by atoms with Gasteiger partial charge in [-0.25, -0.2) is 0 Å². The monoisotopic (exact) mass is 119 g/mol. The normalized spacial score (nSPS) is 12.0. The van der Waals surface area contributed by atoms with Gasteiger partial charge in [-0.2, -0.15) is 0 Å². The van der Waals surface area contributed by atoms with E-state index in [-0.39, 0.29) is 6.61 Å². The highest BCUT2D eigenvalue weighted by atomic mass is 16.2. The molecule has 0 atom stereocenters. The van der Waals surface area contributed by atoms with E-state index >= 15 is 0 Å². The van der Waals surface area contributed by atoms with Gasteiger partial charge < -0.3 is 22.3 Å². The third kappa shape index (κ3) is 5.84. The van der Waals surface area contributed by atoms with E-state index in [1.165, 1.54) is 0 Å². The van der Waals surface area contributed by atoms with Crippen molar-refractivity contribution < 1.29 is 5.11 Å². The van der Waals surface area contributed by atoms with Crippen molar-refractivity contribution in [2.75, 3.05) is 6.61 Å². The van der Waals surface area contributed by atoms with Crippen LogP contribution in [0.4, 0.5) is 0 Å². The highest BCUT2D eigenvalue weighted by Crippen LogP contribution is 1.92. The van der Waals surface area contributed by atoms with Crippen molar-refractivity contribution in [3.63, 3.8) is 0 Å². The molecule has 0 aliphatic carbocycles. The molecule has 0 aromatic carbocycles. The van der Waals surface area contributed by atoms with E-state index in [4.69, 9.17) is 22.3 Å². The average molecular weight is 119 g/mol. The minimum absolute atomic E-state index is 0.0906. The molecule has 0 aromatic heterocycles. The van der Waals surface area contributed by atoms with Gasteiger partial charge in [-0.3, -0.25) is 0 Å². The Kier molecular flexibility index (Phi) is 2.93. The lowest BCUT2D eigenvalue weighted by molar-refractivity contribution is 0.263. The van der Waals surface area contributed by atoms with Crippen LogP contribution in [0, 0.1) is 0 Å². The number of rotatable bonds is 3. The summed E-state index contributed by atoms with van der Waals surface area (Å²) in [7, 11) is 0. The van der Waals surface area contributed by atoms with E-state index in [1.54, 1.807) is 0 Å². The SMILES string of the molecule is NC(N)(N)CCCO. The number of hydrogen-bond donors (Lipinski definition) is 4. The van der Waals surface area contributed by atoms with Crippen molar-refractivity contribution in [1.29, 1.82) is 0 Å². The van der Waals surface area contributed by atoms with Gasteiger partial charge in [0.15, 0.2) is 0 Å². The first-order valence-corrected chi connectivity index (χ1v) is 2.54. The highest BCUT2D eigenvalue weighted by molar-refractivity contribution is 4.66. The van der Waals surface area contributed by atoms with Crippen LogP contribution in [0.15, 0.2) is 0 Å².